The van der Waals surface area contributed by atoms with Crippen LogP contribution in [0, 0.1) is 0 Å². The Kier molecular flexibility index (Phi) is 4.76. The van der Waals surface area contributed by atoms with Crippen LogP contribution in [0.3, 0.4) is 0 Å². The Hall–Kier alpha value is -0.450. The van der Waals surface area contributed by atoms with Crippen molar-refractivity contribution in [1.29, 1.82) is 0 Å². The number of aryl methyl sites for hydroxylation is 1. The Morgan fingerprint density at radius 3 is 2.94 bits per heavy atom. The molecule has 0 spiro atoms. The molecule has 2 N–H and O–H groups in total. The lowest BCUT2D eigenvalue weighted by molar-refractivity contribution is 0.327. The van der Waals surface area contributed by atoms with E-state index in [9.17, 15) is 0 Å². The van der Waals surface area contributed by atoms with E-state index in [1.807, 2.05) is 17.5 Å². The first-order chi connectivity index (χ1) is 8.69. The smallest absolute Gasteiger partial charge is 0.109 e. The molecular formula is C14H25N3S. The van der Waals surface area contributed by atoms with Crippen LogP contribution in [0.25, 0.3) is 0 Å². The molecule has 1 aliphatic heterocycles. The molecule has 1 aromatic rings. The molecule has 102 valence electrons. The number of rotatable bonds is 6. The second-order valence-electron chi connectivity index (χ2n) is 5.29. The number of nitrogens with zero attached hydrogens (tertiary/aromatic N) is 1. The summed E-state index contributed by atoms with van der Waals surface area (Å²) in [5, 5.41) is 8.54. The molecule has 1 fully saturated rings. The van der Waals surface area contributed by atoms with Gasteiger partial charge in [0.1, 0.15) is 5.01 Å². The maximum absolute atomic E-state index is 4.52. The van der Waals surface area contributed by atoms with E-state index < -0.39 is 0 Å². The lowest BCUT2D eigenvalue weighted by Crippen LogP contribution is -2.48. The van der Waals surface area contributed by atoms with Crippen LogP contribution < -0.4 is 10.6 Å². The van der Waals surface area contributed by atoms with Gasteiger partial charge in [0.15, 0.2) is 0 Å². The standard InChI is InChI=1S/C14H25N3S/c1-4-12-9-15-13(18-12)11(3)16-10-14(5-2)7-6-8-17-14/h9,11,16-17H,4-8,10H2,1-3H3. The van der Waals surface area contributed by atoms with Crippen LogP contribution in [0.5, 0.6) is 0 Å². The largest absolute Gasteiger partial charge is 0.310 e. The highest BCUT2D eigenvalue weighted by molar-refractivity contribution is 7.11. The van der Waals surface area contributed by atoms with Crippen molar-refractivity contribution in [2.24, 2.45) is 0 Å². The molecule has 0 aliphatic carbocycles. The zero-order valence-corrected chi connectivity index (χ0v) is 12.6. The third-order valence-corrected chi connectivity index (χ3v) is 5.37. The number of nitrogens with one attached hydrogen (secondary N) is 2. The second kappa shape index (κ2) is 6.13. The van der Waals surface area contributed by atoms with Crippen LogP contribution in [0.15, 0.2) is 6.20 Å². The van der Waals surface area contributed by atoms with Crippen LogP contribution in [-0.2, 0) is 6.42 Å². The molecule has 0 saturated carbocycles. The van der Waals surface area contributed by atoms with Crippen molar-refractivity contribution in [2.75, 3.05) is 13.1 Å². The molecule has 2 rings (SSSR count). The Labute approximate surface area is 114 Å². The van der Waals surface area contributed by atoms with Crippen molar-refractivity contribution in [3.8, 4) is 0 Å². The molecule has 2 heterocycles. The van der Waals surface area contributed by atoms with Gasteiger partial charge in [0, 0.05) is 23.2 Å². The van der Waals surface area contributed by atoms with Crippen LogP contribution in [-0.4, -0.2) is 23.6 Å². The minimum atomic E-state index is 0.319. The normalized spacial score (nSPS) is 25.5. The molecule has 4 heteroatoms. The van der Waals surface area contributed by atoms with Crippen molar-refractivity contribution >= 4 is 11.3 Å². The zero-order chi connectivity index (χ0) is 13.0. The van der Waals surface area contributed by atoms with Crippen molar-refractivity contribution in [3.05, 3.63) is 16.1 Å². The Morgan fingerprint density at radius 2 is 2.39 bits per heavy atom. The van der Waals surface area contributed by atoms with Gasteiger partial charge in [-0.1, -0.05) is 13.8 Å². The van der Waals surface area contributed by atoms with Crippen LogP contribution >= 0.6 is 11.3 Å². The third-order valence-electron chi connectivity index (χ3n) is 4.05. The van der Waals surface area contributed by atoms with E-state index in [1.165, 1.54) is 35.7 Å². The topological polar surface area (TPSA) is 37.0 Å². The molecule has 0 aromatic carbocycles. The number of aromatic nitrogens is 1. The van der Waals surface area contributed by atoms with Gasteiger partial charge in [-0.05, 0) is 39.2 Å². The van der Waals surface area contributed by atoms with Gasteiger partial charge in [0.2, 0.25) is 0 Å². The van der Waals surface area contributed by atoms with E-state index in [0.29, 0.717) is 11.6 Å². The zero-order valence-electron chi connectivity index (χ0n) is 11.8. The van der Waals surface area contributed by atoms with E-state index in [2.05, 4.69) is 36.4 Å². The molecule has 2 unspecified atom stereocenters. The summed E-state index contributed by atoms with van der Waals surface area (Å²) in [6.07, 6.45) is 6.90. The first-order valence-corrected chi connectivity index (χ1v) is 7.94. The SMILES string of the molecule is CCc1cnc(C(C)NCC2(CC)CCCN2)s1. The van der Waals surface area contributed by atoms with Gasteiger partial charge >= 0.3 is 0 Å². The molecule has 18 heavy (non-hydrogen) atoms. The molecule has 1 aliphatic rings. The van der Waals surface area contributed by atoms with Crippen molar-refractivity contribution in [2.45, 2.75) is 58.0 Å². The second-order valence-corrected chi connectivity index (χ2v) is 6.43. The monoisotopic (exact) mass is 267 g/mol. The Morgan fingerprint density at radius 1 is 1.56 bits per heavy atom. The average molecular weight is 267 g/mol. The van der Waals surface area contributed by atoms with Crippen LogP contribution in [0.1, 0.15) is 56.0 Å². The predicted molar refractivity (Wildman–Crippen MR) is 78.2 cm³/mol. The highest BCUT2D eigenvalue weighted by Gasteiger charge is 2.31. The highest BCUT2D eigenvalue weighted by atomic mass is 32.1. The molecule has 0 amide bonds. The molecule has 1 aromatic heterocycles. The van der Waals surface area contributed by atoms with Gasteiger partial charge < -0.3 is 10.6 Å². The van der Waals surface area contributed by atoms with Crippen LogP contribution in [0.2, 0.25) is 0 Å². The third kappa shape index (κ3) is 3.11. The quantitative estimate of drug-likeness (QED) is 0.832. The molecule has 3 nitrogen and oxygen atoms in total. The first kappa shape index (κ1) is 14.0. The van der Waals surface area contributed by atoms with Crippen LogP contribution in [0.4, 0.5) is 0 Å². The van der Waals surface area contributed by atoms with Crippen molar-refractivity contribution in [3.63, 3.8) is 0 Å². The maximum Gasteiger partial charge on any atom is 0.109 e. The predicted octanol–water partition coefficient (Wildman–Crippen LogP) is 2.89. The summed E-state index contributed by atoms with van der Waals surface area (Å²) in [6, 6.07) is 0.362. The lowest BCUT2D eigenvalue weighted by Gasteiger charge is -2.29. The Bertz CT molecular complexity index is 369. The van der Waals surface area contributed by atoms with E-state index >= 15 is 0 Å². The van der Waals surface area contributed by atoms with Gasteiger partial charge in [-0.3, -0.25) is 0 Å². The minimum absolute atomic E-state index is 0.319. The van der Waals surface area contributed by atoms with Gasteiger partial charge in [-0.15, -0.1) is 11.3 Å². The molecular weight excluding hydrogens is 242 g/mol. The summed E-state index contributed by atoms with van der Waals surface area (Å²) >= 11 is 1.84. The van der Waals surface area contributed by atoms with Gasteiger partial charge in [0.25, 0.3) is 0 Å². The van der Waals surface area contributed by atoms with E-state index in [1.54, 1.807) is 0 Å². The summed E-state index contributed by atoms with van der Waals surface area (Å²) in [6.45, 7) is 8.90. The molecule has 2 atom stereocenters. The average Bonchev–Trinajstić information content (AvgIpc) is 3.05. The highest BCUT2D eigenvalue weighted by Crippen LogP contribution is 2.24. The number of hydrogen-bond acceptors (Lipinski definition) is 4. The summed E-state index contributed by atoms with van der Waals surface area (Å²) in [5.74, 6) is 0. The summed E-state index contributed by atoms with van der Waals surface area (Å²) in [4.78, 5) is 5.89. The fourth-order valence-corrected chi connectivity index (χ4v) is 3.45. The van der Waals surface area contributed by atoms with Gasteiger partial charge in [0.05, 0.1) is 6.04 Å². The summed E-state index contributed by atoms with van der Waals surface area (Å²) < 4.78 is 0. The van der Waals surface area contributed by atoms with Crippen molar-refractivity contribution < 1.29 is 0 Å². The number of hydrogen-bond donors (Lipinski definition) is 2. The van der Waals surface area contributed by atoms with Gasteiger partial charge in [-0.2, -0.15) is 0 Å². The van der Waals surface area contributed by atoms with Gasteiger partial charge in [-0.25, -0.2) is 4.98 Å². The lowest BCUT2D eigenvalue weighted by atomic mass is 9.94. The summed E-state index contributed by atoms with van der Waals surface area (Å²) in [5.41, 5.74) is 0.319. The van der Waals surface area contributed by atoms with E-state index in [-0.39, 0.29) is 0 Å². The summed E-state index contributed by atoms with van der Waals surface area (Å²) in [7, 11) is 0. The fraction of sp³-hybridized carbons (Fsp3) is 0.786. The fourth-order valence-electron chi connectivity index (χ4n) is 2.57. The van der Waals surface area contributed by atoms with E-state index in [0.717, 1.165) is 13.0 Å². The molecule has 0 radical (unpaired) electrons. The van der Waals surface area contributed by atoms with Crippen molar-refractivity contribution in [1.82, 2.24) is 15.6 Å². The first-order valence-electron chi connectivity index (χ1n) is 7.12. The molecule has 1 saturated heterocycles. The Balaban J connectivity index is 1.89. The maximum atomic E-state index is 4.52. The number of thiazole rings is 1. The molecule has 0 bridgehead atoms. The minimum Gasteiger partial charge on any atom is -0.310 e. The van der Waals surface area contributed by atoms with E-state index in [4.69, 9.17) is 0 Å².